The zero-order valence-corrected chi connectivity index (χ0v) is 29.8. The fourth-order valence-electron chi connectivity index (χ4n) is 7.33. The molecule has 9 rings (SSSR count). The monoisotopic (exact) mass is 690 g/mol. The first kappa shape index (κ1) is 32.7. The van der Waals surface area contributed by atoms with Crippen molar-refractivity contribution in [1.29, 1.82) is 0 Å². The van der Waals surface area contributed by atoms with Crippen molar-refractivity contribution in [2.45, 2.75) is 0 Å². The molecule has 0 saturated heterocycles. The van der Waals surface area contributed by atoms with Gasteiger partial charge in [-0.25, -0.2) is 0 Å². The summed E-state index contributed by atoms with van der Waals surface area (Å²) in [5.74, 6) is 0. The van der Waals surface area contributed by atoms with E-state index in [4.69, 9.17) is 0 Å². The van der Waals surface area contributed by atoms with Gasteiger partial charge >= 0.3 is 0 Å². The Labute approximate surface area is 317 Å². The fraction of sp³-hybridized carbons (Fsp3) is 0. The first-order chi connectivity index (χ1) is 26.8. The minimum absolute atomic E-state index is 1.08. The third-order valence-electron chi connectivity index (χ3n) is 10.1. The Kier molecular flexibility index (Phi) is 8.99. The molecule has 2 heteroatoms. The Bertz CT molecular complexity index is 2510. The van der Waals surface area contributed by atoms with Crippen molar-refractivity contribution in [3.8, 4) is 33.4 Å². The van der Waals surface area contributed by atoms with Crippen molar-refractivity contribution in [3.63, 3.8) is 0 Å². The maximum atomic E-state index is 2.37. The Balaban J connectivity index is 1.13. The molecule has 0 N–H and O–H groups in total. The number of rotatable bonds is 9. The summed E-state index contributed by atoms with van der Waals surface area (Å²) in [6.45, 7) is 0. The van der Waals surface area contributed by atoms with Crippen LogP contribution in [0.4, 0.5) is 34.1 Å². The number of hydrogen-bond donors (Lipinski definition) is 0. The van der Waals surface area contributed by atoms with Gasteiger partial charge in [-0.2, -0.15) is 0 Å². The lowest BCUT2D eigenvalue weighted by Crippen LogP contribution is -2.12. The van der Waals surface area contributed by atoms with Gasteiger partial charge in [-0.3, -0.25) is 0 Å². The van der Waals surface area contributed by atoms with E-state index in [0.29, 0.717) is 0 Å². The molecule has 0 atom stereocenters. The van der Waals surface area contributed by atoms with Gasteiger partial charge in [0, 0.05) is 33.8 Å². The Morgan fingerprint density at radius 1 is 0.204 bits per heavy atom. The third-order valence-corrected chi connectivity index (χ3v) is 10.1. The lowest BCUT2D eigenvalue weighted by molar-refractivity contribution is 1.26. The molecule has 54 heavy (non-hydrogen) atoms. The molecule has 0 bridgehead atoms. The molecule has 0 aliphatic heterocycles. The van der Waals surface area contributed by atoms with Crippen LogP contribution in [0.25, 0.3) is 44.2 Å². The van der Waals surface area contributed by atoms with Crippen LogP contribution < -0.4 is 9.80 Å². The maximum Gasteiger partial charge on any atom is 0.0540 e. The van der Waals surface area contributed by atoms with E-state index in [1.54, 1.807) is 0 Å². The highest BCUT2D eigenvalue weighted by Crippen LogP contribution is 2.42. The molecule has 0 aliphatic rings. The van der Waals surface area contributed by atoms with E-state index in [2.05, 4.69) is 240 Å². The minimum atomic E-state index is 1.08. The summed E-state index contributed by atoms with van der Waals surface area (Å²) in [5.41, 5.74) is 13.8. The average molecular weight is 691 g/mol. The zero-order chi connectivity index (χ0) is 36.1. The van der Waals surface area contributed by atoms with Crippen molar-refractivity contribution >= 4 is 44.9 Å². The van der Waals surface area contributed by atoms with Crippen LogP contribution in [-0.2, 0) is 0 Å². The molecule has 256 valence electrons. The van der Waals surface area contributed by atoms with Crippen LogP contribution in [0.1, 0.15) is 0 Å². The van der Waals surface area contributed by atoms with Crippen LogP contribution in [0.5, 0.6) is 0 Å². The van der Waals surface area contributed by atoms with Gasteiger partial charge in [0.15, 0.2) is 0 Å². The van der Waals surface area contributed by atoms with Crippen LogP contribution in [0.3, 0.4) is 0 Å². The largest absolute Gasteiger partial charge is 0.311 e. The zero-order valence-electron chi connectivity index (χ0n) is 29.8. The molecule has 9 aromatic carbocycles. The van der Waals surface area contributed by atoms with Gasteiger partial charge in [-0.05, 0) is 105 Å². The molecule has 0 unspecified atom stereocenters. The van der Waals surface area contributed by atoms with E-state index in [1.165, 1.54) is 44.2 Å². The van der Waals surface area contributed by atoms with Crippen LogP contribution in [0.2, 0.25) is 0 Å². The molecular formula is C52H38N2. The summed E-state index contributed by atoms with van der Waals surface area (Å²) in [6.07, 6.45) is 0. The number of fused-ring (bicyclic) bond motifs is 1. The van der Waals surface area contributed by atoms with Gasteiger partial charge in [0.2, 0.25) is 0 Å². The second-order valence-electron chi connectivity index (χ2n) is 13.4. The summed E-state index contributed by atoms with van der Waals surface area (Å²) in [4.78, 5) is 4.71. The van der Waals surface area contributed by atoms with Crippen molar-refractivity contribution < 1.29 is 0 Å². The van der Waals surface area contributed by atoms with E-state index < -0.39 is 0 Å². The molecule has 0 fully saturated rings. The normalized spacial score (nSPS) is 11.0. The molecule has 0 spiro atoms. The smallest absolute Gasteiger partial charge is 0.0540 e. The number of benzene rings is 9. The summed E-state index contributed by atoms with van der Waals surface area (Å²) in [6, 6.07) is 82.4. The molecule has 0 radical (unpaired) electrons. The van der Waals surface area contributed by atoms with Gasteiger partial charge in [-0.1, -0.05) is 164 Å². The Morgan fingerprint density at radius 2 is 0.500 bits per heavy atom. The van der Waals surface area contributed by atoms with Gasteiger partial charge in [0.1, 0.15) is 0 Å². The van der Waals surface area contributed by atoms with Crippen molar-refractivity contribution in [1.82, 2.24) is 0 Å². The van der Waals surface area contributed by atoms with E-state index in [1.807, 2.05) is 0 Å². The molecule has 0 amide bonds. The molecule has 9 aromatic rings. The molecule has 0 saturated carbocycles. The van der Waals surface area contributed by atoms with Crippen LogP contribution >= 0.6 is 0 Å². The van der Waals surface area contributed by atoms with Crippen molar-refractivity contribution in [2.75, 3.05) is 9.80 Å². The Morgan fingerprint density at radius 3 is 0.907 bits per heavy atom. The third kappa shape index (κ3) is 6.65. The lowest BCUT2D eigenvalue weighted by atomic mass is 10.0. The average Bonchev–Trinajstić information content (AvgIpc) is 3.26. The summed E-state index contributed by atoms with van der Waals surface area (Å²) in [7, 11) is 0. The summed E-state index contributed by atoms with van der Waals surface area (Å²) >= 11 is 0. The molecule has 0 aliphatic carbocycles. The standard InChI is InChI=1S/C52H38N2/c1-4-13-39(14-5-1)42-23-29-46(30-24-42)53(47-31-25-43(26-32-47)40-15-6-2-7-16-40)48-35-37-50(38-36-48)54(52-22-12-20-45-19-10-11-21-51(45)52)49-33-27-44(28-34-49)41-17-8-3-9-18-41/h1-38H. The van der Waals surface area contributed by atoms with Gasteiger partial charge in [0.25, 0.3) is 0 Å². The second-order valence-corrected chi connectivity index (χ2v) is 13.4. The second kappa shape index (κ2) is 14.8. The molecular weight excluding hydrogens is 653 g/mol. The minimum Gasteiger partial charge on any atom is -0.311 e. The van der Waals surface area contributed by atoms with Gasteiger partial charge in [-0.15, -0.1) is 0 Å². The topological polar surface area (TPSA) is 6.48 Å². The Hall–Kier alpha value is -7.16. The highest BCUT2D eigenvalue weighted by atomic mass is 15.2. The summed E-state index contributed by atoms with van der Waals surface area (Å²) in [5, 5.41) is 2.41. The molecule has 0 aromatic heterocycles. The van der Waals surface area contributed by atoms with Gasteiger partial charge < -0.3 is 9.80 Å². The number of nitrogens with zero attached hydrogens (tertiary/aromatic N) is 2. The van der Waals surface area contributed by atoms with Gasteiger partial charge in [0.05, 0.1) is 5.69 Å². The van der Waals surface area contributed by atoms with Crippen LogP contribution in [-0.4, -0.2) is 0 Å². The van der Waals surface area contributed by atoms with E-state index in [0.717, 1.165) is 34.1 Å². The van der Waals surface area contributed by atoms with E-state index >= 15 is 0 Å². The molecule has 2 nitrogen and oxygen atoms in total. The first-order valence-electron chi connectivity index (χ1n) is 18.4. The van der Waals surface area contributed by atoms with Crippen molar-refractivity contribution in [3.05, 3.63) is 231 Å². The maximum absolute atomic E-state index is 2.37. The number of anilines is 6. The quantitative estimate of drug-likeness (QED) is 0.149. The highest BCUT2D eigenvalue weighted by Gasteiger charge is 2.18. The van der Waals surface area contributed by atoms with E-state index in [9.17, 15) is 0 Å². The highest BCUT2D eigenvalue weighted by molar-refractivity contribution is 5.99. The first-order valence-corrected chi connectivity index (χ1v) is 18.4. The fourth-order valence-corrected chi connectivity index (χ4v) is 7.33. The van der Waals surface area contributed by atoms with Crippen LogP contribution in [0.15, 0.2) is 231 Å². The van der Waals surface area contributed by atoms with Crippen molar-refractivity contribution in [2.24, 2.45) is 0 Å². The summed E-state index contributed by atoms with van der Waals surface area (Å²) < 4.78 is 0. The van der Waals surface area contributed by atoms with E-state index in [-0.39, 0.29) is 0 Å². The SMILES string of the molecule is c1ccc(-c2ccc(N(c3ccc(-c4ccccc4)cc3)c3ccc(N(c4ccc(-c5ccccc5)cc4)c4cccc5ccccc45)cc3)cc2)cc1. The number of hydrogen-bond acceptors (Lipinski definition) is 2. The van der Waals surface area contributed by atoms with Crippen LogP contribution in [0, 0.1) is 0 Å². The molecule has 0 heterocycles. The lowest BCUT2D eigenvalue weighted by Gasteiger charge is -2.29. The predicted molar refractivity (Wildman–Crippen MR) is 230 cm³/mol. The predicted octanol–water partition coefficient (Wildman–Crippen LogP) is 14.8.